The number of pyridine rings is 1. The van der Waals surface area contributed by atoms with Gasteiger partial charge < -0.3 is 29.0 Å². The number of benzene rings is 1. The van der Waals surface area contributed by atoms with E-state index in [0.717, 1.165) is 11.1 Å². The van der Waals surface area contributed by atoms with Crippen LogP contribution in [0.2, 0.25) is 0 Å². The molecule has 2 aliphatic heterocycles. The molecule has 3 heterocycles. The van der Waals surface area contributed by atoms with Crippen molar-refractivity contribution < 1.29 is 29.2 Å². The molecule has 0 radical (unpaired) electrons. The second-order valence-corrected chi connectivity index (χ2v) is 9.15. The zero-order chi connectivity index (χ0) is 23.0. The van der Waals surface area contributed by atoms with Gasteiger partial charge in [0.1, 0.15) is 17.9 Å². The Morgan fingerprint density at radius 1 is 1.28 bits per heavy atom. The van der Waals surface area contributed by atoms with Gasteiger partial charge in [0.2, 0.25) is 0 Å². The van der Waals surface area contributed by atoms with E-state index in [9.17, 15) is 19.8 Å². The molecule has 0 bridgehead atoms. The molecule has 0 amide bonds. The number of aromatic nitrogens is 1. The molecule has 1 fully saturated rings. The van der Waals surface area contributed by atoms with Gasteiger partial charge in [-0.05, 0) is 30.0 Å². The molecule has 2 N–H and O–H groups in total. The topological polar surface area (TPSA) is 107 Å². The van der Waals surface area contributed by atoms with Crippen molar-refractivity contribution in [2.45, 2.75) is 32.9 Å². The summed E-state index contributed by atoms with van der Waals surface area (Å²) in [5, 5.41) is 19.4. The van der Waals surface area contributed by atoms with Crippen LogP contribution in [0.5, 0.6) is 5.75 Å². The van der Waals surface area contributed by atoms with Crippen LogP contribution in [-0.4, -0.2) is 54.3 Å². The van der Waals surface area contributed by atoms with E-state index in [-0.39, 0.29) is 29.5 Å². The van der Waals surface area contributed by atoms with Gasteiger partial charge in [0.15, 0.2) is 5.43 Å². The highest BCUT2D eigenvalue weighted by molar-refractivity contribution is 5.87. The minimum absolute atomic E-state index is 0.0103. The van der Waals surface area contributed by atoms with Crippen molar-refractivity contribution in [2.24, 2.45) is 11.3 Å². The molecule has 1 aromatic carbocycles. The van der Waals surface area contributed by atoms with Crippen LogP contribution in [0.4, 0.5) is 0 Å². The molecule has 32 heavy (non-hydrogen) atoms. The van der Waals surface area contributed by atoms with Gasteiger partial charge in [-0.1, -0.05) is 13.8 Å². The lowest BCUT2D eigenvalue weighted by Crippen LogP contribution is -2.50. The first kappa shape index (κ1) is 22.5. The Labute approximate surface area is 186 Å². The molecule has 0 saturated carbocycles. The molecule has 0 spiro atoms. The van der Waals surface area contributed by atoms with Crippen LogP contribution >= 0.6 is 0 Å². The highest BCUT2D eigenvalue weighted by atomic mass is 16.5. The number of nitrogens with zero attached hydrogens (tertiary/aromatic N) is 1. The number of carboxylic acid groups (broad SMARTS) is 1. The summed E-state index contributed by atoms with van der Waals surface area (Å²) in [4.78, 5) is 24.0. The van der Waals surface area contributed by atoms with Crippen LogP contribution in [0.1, 0.15) is 41.4 Å². The number of aliphatic hydroxyl groups excluding tert-OH is 1. The van der Waals surface area contributed by atoms with Gasteiger partial charge in [-0.15, -0.1) is 0 Å². The average molecular weight is 443 g/mol. The predicted molar refractivity (Wildman–Crippen MR) is 117 cm³/mol. The minimum atomic E-state index is -1.23. The van der Waals surface area contributed by atoms with Crippen molar-refractivity contribution in [3.8, 4) is 17.0 Å². The van der Waals surface area contributed by atoms with E-state index >= 15 is 0 Å². The number of rotatable bonds is 8. The van der Waals surface area contributed by atoms with Crippen molar-refractivity contribution in [1.82, 2.24) is 4.57 Å². The number of fused-ring (bicyclic) bond motifs is 3. The van der Waals surface area contributed by atoms with Crippen molar-refractivity contribution in [1.29, 1.82) is 0 Å². The van der Waals surface area contributed by atoms with E-state index in [0.29, 0.717) is 49.9 Å². The standard InChI is InChI=1S/C24H29NO7/c1-14(2)19-5-15-6-22(32-13-24(10-30-3)11-31-12-24)16(9-26)4-17(15)20-7-21(27)18(23(28)29)8-25(19)20/h4,6-8,14,19,26H,5,9-13H2,1-3H3,(H,28,29)/t19-/m0/s1. The molecular formula is C24H29NO7. The number of hydrogen-bond acceptors (Lipinski definition) is 6. The summed E-state index contributed by atoms with van der Waals surface area (Å²) in [6.07, 6.45) is 2.11. The summed E-state index contributed by atoms with van der Waals surface area (Å²) in [5.41, 5.74) is 2.12. The molecule has 0 aliphatic carbocycles. The van der Waals surface area contributed by atoms with Crippen LogP contribution in [0.3, 0.4) is 0 Å². The third-order valence-electron chi connectivity index (χ3n) is 6.40. The Kier molecular flexibility index (Phi) is 6.11. The molecule has 4 rings (SSSR count). The van der Waals surface area contributed by atoms with E-state index in [4.69, 9.17) is 14.2 Å². The average Bonchev–Trinajstić information content (AvgIpc) is 2.73. The first-order valence-electron chi connectivity index (χ1n) is 10.7. The largest absolute Gasteiger partial charge is 0.492 e. The van der Waals surface area contributed by atoms with Gasteiger partial charge in [0, 0.05) is 36.5 Å². The van der Waals surface area contributed by atoms with E-state index in [1.165, 1.54) is 12.3 Å². The van der Waals surface area contributed by atoms with Crippen molar-refractivity contribution >= 4 is 5.97 Å². The second-order valence-electron chi connectivity index (χ2n) is 9.15. The maximum Gasteiger partial charge on any atom is 0.341 e. The SMILES string of the molecule is COCC1(COc2cc3c(cc2CO)-c2cc(=O)c(C(=O)O)cn2[C@H](C(C)C)C3)COC1. The summed E-state index contributed by atoms with van der Waals surface area (Å²) < 4.78 is 18.7. The number of methoxy groups -OCH3 is 1. The van der Waals surface area contributed by atoms with E-state index in [1.54, 1.807) is 7.11 Å². The normalized spacial score (nSPS) is 18.6. The van der Waals surface area contributed by atoms with Crippen LogP contribution in [0, 0.1) is 11.3 Å². The van der Waals surface area contributed by atoms with Crippen LogP contribution in [0.25, 0.3) is 11.3 Å². The Balaban J connectivity index is 1.76. The lowest BCUT2D eigenvalue weighted by molar-refractivity contribution is -0.159. The van der Waals surface area contributed by atoms with E-state index < -0.39 is 11.4 Å². The molecule has 8 heteroatoms. The third-order valence-corrected chi connectivity index (χ3v) is 6.40. The van der Waals surface area contributed by atoms with Crippen LogP contribution in [0.15, 0.2) is 29.2 Å². The van der Waals surface area contributed by atoms with E-state index in [1.807, 2.05) is 16.7 Å². The molecular weight excluding hydrogens is 414 g/mol. The van der Waals surface area contributed by atoms with Gasteiger partial charge in [0.05, 0.1) is 37.5 Å². The summed E-state index contributed by atoms with van der Waals surface area (Å²) in [6, 6.07) is 5.16. The fraction of sp³-hybridized carbons (Fsp3) is 0.500. The first-order chi connectivity index (χ1) is 15.3. The van der Waals surface area contributed by atoms with Gasteiger partial charge in [-0.2, -0.15) is 0 Å². The number of hydrogen-bond donors (Lipinski definition) is 2. The fourth-order valence-electron chi connectivity index (χ4n) is 4.55. The monoisotopic (exact) mass is 443 g/mol. The third kappa shape index (κ3) is 3.94. The fourth-order valence-corrected chi connectivity index (χ4v) is 4.55. The number of aliphatic hydroxyl groups is 1. The number of aromatic carboxylic acids is 1. The molecule has 8 nitrogen and oxygen atoms in total. The summed E-state index contributed by atoms with van der Waals surface area (Å²) in [6.45, 7) is 6.00. The highest BCUT2D eigenvalue weighted by Crippen LogP contribution is 2.41. The Morgan fingerprint density at radius 3 is 2.59 bits per heavy atom. The van der Waals surface area contributed by atoms with Gasteiger partial charge in [-0.25, -0.2) is 4.79 Å². The Morgan fingerprint density at radius 2 is 2.03 bits per heavy atom. The number of ether oxygens (including phenoxy) is 3. The molecule has 172 valence electrons. The van der Waals surface area contributed by atoms with Crippen molar-refractivity contribution in [2.75, 3.05) is 33.5 Å². The summed E-state index contributed by atoms with van der Waals surface area (Å²) >= 11 is 0. The maximum atomic E-state index is 12.5. The maximum absolute atomic E-state index is 12.5. The van der Waals surface area contributed by atoms with Gasteiger partial charge >= 0.3 is 5.97 Å². The molecule has 1 atom stereocenters. The van der Waals surface area contributed by atoms with Crippen molar-refractivity contribution in [3.63, 3.8) is 0 Å². The van der Waals surface area contributed by atoms with Crippen molar-refractivity contribution in [3.05, 3.63) is 51.3 Å². The molecule has 1 aromatic heterocycles. The molecule has 2 aliphatic rings. The summed E-state index contributed by atoms with van der Waals surface area (Å²) in [7, 11) is 1.65. The van der Waals surface area contributed by atoms with Crippen LogP contribution < -0.4 is 10.2 Å². The molecule has 0 unspecified atom stereocenters. The second kappa shape index (κ2) is 8.69. The predicted octanol–water partition coefficient (Wildman–Crippen LogP) is 2.50. The van der Waals surface area contributed by atoms with Gasteiger partial charge in [-0.3, -0.25) is 4.79 Å². The molecule has 2 aromatic rings. The highest BCUT2D eigenvalue weighted by Gasteiger charge is 2.40. The smallest absolute Gasteiger partial charge is 0.341 e. The van der Waals surface area contributed by atoms with Gasteiger partial charge in [0.25, 0.3) is 0 Å². The van der Waals surface area contributed by atoms with Crippen LogP contribution in [-0.2, 0) is 22.5 Å². The first-order valence-corrected chi connectivity index (χ1v) is 10.7. The number of carbonyl (C=O) groups is 1. The van der Waals surface area contributed by atoms with E-state index in [2.05, 4.69) is 13.8 Å². The Bertz CT molecular complexity index is 1080. The quantitative estimate of drug-likeness (QED) is 0.645. The Hall–Kier alpha value is -2.68. The lowest BCUT2D eigenvalue weighted by Gasteiger charge is -2.40. The zero-order valence-electron chi connectivity index (χ0n) is 18.6. The molecule has 1 saturated heterocycles. The zero-order valence-corrected chi connectivity index (χ0v) is 18.6. The lowest BCUT2D eigenvalue weighted by atomic mass is 9.86. The minimum Gasteiger partial charge on any atom is -0.492 e. The summed E-state index contributed by atoms with van der Waals surface area (Å²) in [5.74, 6) is -0.414. The number of carboxylic acids is 1.